The molecule has 3 rings (SSSR count). The first-order valence-corrected chi connectivity index (χ1v) is 8.43. The van der Waals surface area contributed by atoms with Gasteiger partial charge in [0.1, 0.15) is 24.1 Å². The smallest absolute Gasteiger partial charge is 0.254 e. The summed E-state index contributed by atoms with van der Waals surface area (Å²) in [5.41, 5.74) is 1.57. The third-order valence-electron chi connectivity index (χ3n) is 3.94. The number of ether oxygens (including phenoxy) is 5. The normalized spacial score (nSPS) is 17.7. The molecule has 7 heteroatoms. The molecule has 23 heavy (non-hydrogen) atoms. The molecule has 0 bridgehead atoms. The van der Waals surface area contributed by atoms with Crippen LogP contribution in [0.2, 0.25) is 0 Å². The van der Waals surface area contributed by atoms with Gasteiger partial charge in [-0.3, -0.25) is 0 Å². The average Bonchev–Trinajstić information content (AvgIpc) is 3.00. The highest BCUT2D eigenvalue weighted by Gasteiger charge is 2.41. The highest BCUT2D eigenvalue weighted by atomic mass is 127. The Balaban J connectivity index is 1.72. The Bertz CT molecular complexity index is 597. The van der Waals surface area contributed by atoms with Gasteiger partial charge < -0.3 is 23.7 Å². The van der Waals surface area contributed by atoms with Gasteiger partial charge >= 0.3 is 0 Å². The molecule has 1 aromatic rings. The van der Waals surface area contributed by atoms with Crippen LogP contribution in [-0.2, 0) is 31.8 Å². The van der Waals surface area contributed by atoms with Crippen LogP contribution < -0.4 is 4.74 Å². The summed E-state index contributed by atoms with van der Waals surface area (Å²) in [6.45, 7) is 0.998. The number of fused-ring (bicyclic) bond motifs is 1. The van der Waals surface area contributed by atoms with E-state index in [2.05, 4.69) is 0 Å². The van der Waals surface area contributed by atoms with E-state index in [-0.39, 0.29) is 12.6 Å². The molecule has 1 aliphatic carbocycles. The zero-order valence-electron chi connectivity index (χ0n) is 12.8. The molecule has 0 saturated carbocycles. The molecule has 0 radical (unpaired) electrons. The fourth-order valence-corrected chi connectivity index (χ4v) is 3.37. The summed E-state index contributed by atoms with van der Waals surface area (Å²) >= 11 is 1.95. The molecular formula is C16H18FIO5. The van der Waals surface area contributed by atoms with Crippen molar-refractivity contribution in [3.05, 3.63) is 39.1 Å². The molecule has 1 aliphatic heterocycles. The summed E-state index contributed by atoms with van der Waals surface area (Å²) in [6, 6.07) is 1.88. The molecule has 2 aliphatic rings. The molecule has 1 aromatic carbocycles. The van der Waals surface area contributed by atoms with Crippen molar-refractivity contribution >= 4 is 22.6 Å². The second-order valence-corrected chi connectivity index (χ2v) is 6.48. The topological polar surface area (TPSA) is 46.2 Å². The molecular weight excluding hydrogens is 418 g/mol. The predicted molar refractivity (Wildman–Crippen MR) is 88.5 cm³/mol. The molecule has 0 N–H and O–H groups in total. The van der Waals surface area contributed by atoms with E-state index in [1.54, 1.807) is 7.11 Å². The van der Waals surface area contributed by atoms with Crippen molar-refractivity contribution < 1.29 is 28.1 Å². The Kier molecular flexibility index (Phi) is 5.27. The minimum absolute atomic E-state index is 0.0671. The van der Waals surface area contributed by atoms with Crippen LogP contribution in [0.3, 0.4) is 0 Å². The van der Waals surface area contributed by atoms with Gasteiger partial charge in [0.2, 0.25) is 0 Å². The van der Waals surface area contributed by atoms with E-state index < -0.39 is 5.79 Å². The summed E-state index contributed by atoms with van der Waals surface area (Å²) in [6.07, 6.45) is 4.77. The van der Waals surface area contributed by atoms with Crippen LogP contribution in [0.4, 0.5) is 4.39 Å². The van der Waals surface area contributed by atoms with Crippen molar-refractivity contribution in [1.29, 1.82) is 0 Å². The van der Waals surface area contributed by atoms with Crippen LogP contribution in [0.15, 0.2) is 18.6 Å². The maximum Gasteiger partial charge on any atom is 0.254 e. The maximum absolute atomic E-state index is 14.7. The summed E-state index contributed by atoms with van der Waals surface area (Å²) in [5.74, 6) is -0.516. The molecule has 0 unspecified atom stereocenters. The molecule has 1 heterocycles. The third kappa shape index (κ3) is 3.56. The highest BCUT2D eigenvalue weighted by Crippen LogP contribution is 2.40. The van der Waals surface area contributed by atoms with Crippen LogP contribution in [0.5, 0.6) is 5.75 Å². The van der Waals surface area contributed by atoms with Crippen molar-refractivity contribution in [1.82, 2.24) is 0 Å². The Morgan fingerprint density at radius 2 is 2.09 bits per heavy atom. The Hall–Kier alpha value is -1.06. The van der Waals surface area contributed by atoms with Gasteiger partial charge in [0.05, 0.1) is 23.2 Å². The Labute approximate surface area is 147 Å². The second kappa shape index (κ2) is 7.23. The number of halogens is 2. The highest BCUT2D eigenvalue weighted by molar-refractivity contribution is 14.1. The van der Waals surface area contributed by atoms with Gasteiger partial charge in [-0.2, -0.15) is 0 Å². The number of hydrogen-bond donors (Lipinski definition) is 0. The van der Waals surface area contributed by atoms with Crippen LogP contribution >= 0.6 is 22.6 Å². The van der Waals surface area contributed by atoms with Crippen LogP contribution in [-0.4, -0.2) is 32.9 Å². The van der Waals surface area contributed by atoms with Gasteiger partial charge in [-0.05, 0) is 40.6 Å². The molecule has 126 valence electrons. The lowest BCUT2D eigenvalue weighted by atomic mass is 9.86. The zero-order valence-corrected chi connectivity index (χ0v) is 14.9. The van der Waals surface area contributed by atoms with Crippen molar-refractivity contribution in [3.8, 4) is 5.75 Å². The van der Waals surface area contributed by atoms with E-state index in [1.165, 1.54) is 12.5 Å². The van der Waals surface area contributed by atoms with E-state index in [4.69, 9.17) is 23.7 Å². The van der Waals surface area contributed by atoms with Crippen molar-refractivity contribution in [2.75, 3.05) is 27.1 Å². The van der Waals surface area contributed by atoms with Gasteiger partial charge in [-0.25, -0.2) is 4.39 Å². The summed E-state index contributed by atoms with van der Waals surface area (Å²) in [5, 5.41) is 0. The first kappa shape index (κ1) is 16.8. The predicted octanol–water partition coefficient (Wildman–Crippen LogP) is 3.13. The summed E-state index contributed by atoms with van der Waals surface area (Å²) in [4.78, 5) is 0. The minimum Gasteiger partial charge on any atom is -0.466 e. The summed E-state index contributed by atoms with van der Waals surface area (Å²) in [7, 11) is 1.60. The summed E-state index contributed by atoms with van der Waals surface area (Å²) < 4.78 is 41.9. The lowest BCUT2D eigenvalue weighted by molar-refractivity contribution is -0.149. The minimum atomic E-state index is -0.747. The maximum atomic E-state index is 14.7. The molecule has 1 spiro atoms. The van der Waals surface area contributed by atoms with Gasteiger partial charge in [0.15, 0.2) is 6.79 Å². The fourth-order valence-electron chi connectivity index (χ4n) is 2.73. The van der Waals surface area contributed by atoms with Crippen LogP contribution in [0, 0.1) is 9.39 Å². The lowest BCUT2D eigenvalue weighted by Crippen LogP contribution is -2.37. The van der Waals surface area contributed by atoms with Gasteiger partial charge in [-0.15, -0.1) is 0 Å². The van der Waals surface area contributed by atoms with Crippen molar-refractivity contribution in [3.63, 3.8) is 0 Å². The van der Waals surface area contributed by atoms with Gasteiger partial charge in [-0.1, -0.05) is 0 Å². The molecule has 0 saturated heterocycles. The van der Waals surface area contributed by atoms with E-state index in [9.17, 15) is 4.39 Å². The van der Waals surface area contributed by atoms with E-state index in [0.717, 1.165) is 5.56 Å². The van der Waals surface area contributed by atoms with Crippen LogP contribution in [0.1, 0.15) is 17.5 Å². The molecule has 0 atom stereocenters. The molecule has 0 aromatic heterocycles. The Morgan fingerprint density at radius 1 is 1.30 bits per heavy atom. The van der Waals surface area contributed by atoms with Gasteiger partial charge in [0.25, 0.3) is 5.79 Å². The van der Waals surface area contributed by atoms with E-state index >= 15 is 0 Å². The number of hydrogen-bond acceptors (Lipinski definition) is 5. The fraction of sp³-hybridized carbons (Fsp3) is 0.500. The molecule has 0 fully saturated rings. The quantitative estimate of drug-likeness (QED) is 0.390. The van der Waals surface area contributed by atoms with Crippen molar-refractivity contribution in [2.45, 2.75) is 25.0 Å². The van der Waals surface area contributed by atoms with Crippen LogP contribution in [0.25, 0.3) is 0 Å². The second-order valence-electron chi connectivity index (χ2n) is 5.40. The monoisotopic (exact) mass is 436 g/mol. The number of benzene rings is 1. The first-order valence-electron chi connectivity index (χ1n) is 7.35. The number of aryl methyl sites for hydroxylation is 1. The van der Waals surface area contributed by atoms with Crippen molar-refractivity contribution in [2.24, 2.45) is 0 Å². The zero-order chi connectivity index (χ0) is 16.3. The lowest BCUT2D eigenvalue weighted by Gasteiger charge is -2.33. The Morgan fingerprint density at radius 3 is 2.83 bits per heavy atom. The third-order valence-corrected chi connectivity index (χ3v) is 4.94. The standard InChI is InChI=1S/C16H18FIO5/c1-19-4-5-20-10-21-13-8-11-2-3-16(22-6-7-23-16)9-12(11)14(17)15(13)18/h6-8H,2-5,9-10H2,1H3. The largest absolute Gasteiger partial charge is 0.466 e. The molecule has 0 amide bonds. The van der Waals surface area contributed by atoms with E-state index in [1.807, 2.05) is 28.7 Å². The van der Waals surface area contributed by atoms with Gasteiger partial charge in [0, 0.05) is 19.1 Å². The average molecular weight is 436 g/mol. The molecule has 5 nitrogen and oxygen atoms in total. The van der Waals surface area contributed by atoms with E-state index in [0.29, 0.717) is 47.4 Å². The number of methoxy groups -OCH3 is 1. The SMILES string of the molecule is COCCOCOc1cc2c(c(F)c1I)CC1(CC2)OC=CO1. The number of rotatable bonds is 6. The first-order chi connectivity index (χ1) is 11.2.